The van der Waals surface area contributed by atoms with Crippen molar-refractivity contribution in [2.45, 2.75) is 12.6 Å². The highest BCUT2D eigenvalue weighted by atomic mass is 35.5. The summed E-state index contributed by atoms with van der Waals surface area (Å²) in [7, 11) is 0. The van der Waals surface area contributed by atoms with E-state index in [0.717, 1.165) is 15.5 Å². The van der Waals surface area contributed by atoms with Crippen LogP contribution in [0, 0.1) is 0 Å². The number of halogens is 1. The molecular weight excluding hydrogens is 470 g/mol. The molecule has 2 amide bonds. The molecule has 2 N–H and O–H groups in total. The number of nitrogens with one attached hydrogen (secondary N) is 2. The molecule has 0 aliphatic rings. The maximum Gasteiger partial charge on any atom is 0.293 e. The quantitative estimate of drug-likeness (QED) is 0.379. The molecule has 1 unspecified atom stereocenters. The number of nitrogens with zero attached hydrogens (tertiary/aromatic N) is 5. The van der Waals surface area contributed by atoms with Crippen molar-refractivity contribution in [2.75, 3.05) is 5.32 Å². The zero-order valence-corrected chi connectivity index (χ0v) is 18.9. The highest BCUT2D eigenvalue weighted by molar-refractivity contribution is 6.30. The lowest BCUT2D eigenvalue weighted by Crippen LogP contribution is -2.40. The van der Waals surface area contributed by atoms with Gasteiger partial charge in [0, 0.05) is 22.0 Å². The number of aromatic nitrogens is 5. The maximum atomic E-state index is 13.4. The minimum atomic E-state index is -1.09. The van der Waals surface area contributed by atoms with Gasteiger partial charge in [0.05, 0.1) is 18.1 Å². The SMILES string of the molecule is O=C(Cn1ncn2nccc2c1=O)NC(C(=O)Nc1cncc2ccccc12)c1cccc(Cl)c1. The van der Waals surface area contributed by atoms with Crippen LogP contribution in [0.15, 0.2) is 84.3 Å². The number of hydrogen-bond acceptors (Lipinski definition) is 6. The third kappa shape index (κ3) is 4.59. The third-order valence-electron chi connectivity index (χ3n) is 5.39. The summed E-state index contributed by atoms with van der Waals surface area (Å²) in [4.78, 5) is 43.1. The Hall–Kier alpha value is -4.57. The molecule has 2 aromatic carbocycles. The first-order chi connectivity index (χ1) is 17.0. The van der Waals surface area contributed by atoms with E-state index in [9.17, 15) is 14.4 Å². The first-order valence-electron chi connectivity index (χ1n) is 10.6. The second-order valence-electron chi connectivity index (χ2n) is 7.71. The van der Waals surface area contributed by atoms with Crippen molar-refractivity contribution >= 4 is 45.4 Å². The standard InChI is InChI=1S/C24H18ClN7O3/c25-17-6-3-5-15(10-17)22(23(34)29-19-12-26-11-16-4-1-2-7-18(16)19)30-21(33)13-31-24(35)20-8-9-27-32(20)14-28-31/h1-12,14,22H,13H2,(H,29,34)(H,30,33). The predicted octanol–water partition coefficient (Wildman–Crippen LogP) is 2.59. The maximum absolute atomic E-state index is 13.4. The van der Waals surface area contributed by atoms with Crippen LogP contribution in [-0.4, -0.2) is 36.2 Å². The molecule has 10 nitrogen and oxygen atoms in total. The molecule has 3 aromatic heterocycles. The average molecular weight is 488 g/mol. The predicted molar refractivity (Wildman–Crippen MR) is 130 cm³/mol. The van der Waals surface area contributed by atoms with Gasteiger partial charge in [0.25, 0.3) is 11.5 Å². The van der Waals surface area contributed by atoms with Gasteiger partial charge in [-0.15, -0.1) is 0 Å². The van der Waals surface area contributed by atoms with E-state index in [1.54, 1.807) is 36.7 Å². The van der Waals surface area contributed by atoms with Crippen LogP contribution in [0.1, 0.15) is 11.6 Å². The minimum absolute atomic E-state index is 0.278. The van der Waals surface area contributed by atoms with E-state index in [-0.39, 0.29) is 12.1 Å². The summed E-state index contributed by atoms with van der Waals surface area (Å²) in [6, 6.07) is 14.5. The molecule has 174 valence electrons. The fourth-order valence-electron chi connectivity index (χ4n) is 3.73. The van der Waals surface area contributed by atoms with Gasteiger partial charge in [0.15, 0.2) is 0 Å². The van der Waals surface area contributed by atoms with Crippen molar-refractivity contribution in [3.05, 3.63) is 100 Å². The van der Waals surface area contributed by atoms with Crippen LogP contribution in [0.25, 0.3) is 16.3 Å². The van der Waals surface area contributed by atoms with E-state index in [1.165, 1.54) is 23.1 Å². The van der Waals surface area contributed by atoms with E-state index in [1.807, 2.05) is 24.3 Å². The average Bonchev–Trinajstić information content (AvgIpc) is 3.34. The van der Waals surface area contributed by atoms with Crippen molar-refractivity contribution in [2.24, 2.45) is 0 Å². The summed E-state index contributed by atoms with van der Waals surface area (Å²) in [6.45, 7) is -0.388. The monoisotopic (exact) mass is 487 g/mol. The van der Waals surface area contributed by atoms with Crippen LogP contribution in [-0.2, 0) is 16.1 Å². The van der Waals surface area contributed by atoms with E-state index in [0.29, 0.717) is 16.3 Å². The Morgan fingerprint density at radius 1 is 1.03 bits per heavy atom. The number of anilines is 1. The number of amides is 2. The minimum Gasteiger partial charge on any atom is -0.339 e. The summed E-state index contributed by atoms with van der Waals surface area (Å²) in [5.41, 5.74) is 0.771. The van der Waals surface area contributed by atoms with Gasteiger partial charge in [-0.3, -0.25) is 19.4 Å². The lowest BCUT2D eigenvalue weighted by atomic mass is 10.1. The summed E-state index contributed by atoms with van der Waals surface area (Å²) in [5.74, 6) is -1.08. The van der Waals surface area contributed by atoms with Gasteiger partial charge in [-0.2, -0.15) is 10.2 Å². The smallest absolute Gasteiger partial charge is 0.293 e. The van der Waals surface area contributed by atoms with Gasteiger partial charge in [-0.05, 0) is 23.8 Å². The molecular formula is C24H18ClN7O3. The van der Waals surface area contributed by atoms with E-state index in [4.69, 9.17) is 11.6 Å². The lowest BCUT2D eigenvalue weighted by molar-refractivity contribution is -0.127. The number of fused-ring (bicyclic) bond motifs is 2. The van der Waals surface area contributed by atoms with Crippen LogP contribution in [0.2, 0.25) is 5.02 Å². The second-order valence-corrected chi connectivity index (χ2v) is 8.14. The molecule has 0 saturated heterocycles. The van der Waals surface area contributed by atoms with Crippen molar-refractivity contribution in [3.8, 4) is 0 Å². The summed E-state index contributed by atoms with van der Waals surface area (Å²) in [6.07, 6.45) is 6.04. The Balaban J connectivity index is 1.42. The second kappa shape index (κ2) is 9.35. The molecule has 0 saturated carbocycles. The van der Waals surface area contributed by atoms with Crippen molar-refractivity contribution < 1.29 is 9.59 Å². The molecule has 0 radical (unpaired) electrons. The Bertz CT molecular complexity index is 1620. The van der Waals surface area contributed by atoms with E-state index in [2.05, 4.69) is 25.8 Å². The molecule has 35 heavy (non-hydrogen) atoms. The van der Waals surface area contributed by atoms with Crippen LogP contribution >= 0.6 is 11.6 Å². The fourth-order valence-corrected chi connectivity index (χ4v) is 3.93. The first kappa shape index (κ1) is 22.2. The molecule has 0 aliphatic heterocycles. The number of rotatable bonds is 6. The van der Waals surface area contributed by atoms with Gasteiger partial charge >= 0.3 is 0 Å². The highest BCUT2D eigenvalue weighted by Crippen LogP contribution is 2.24. The number of pyridine rings is 1. The van der Waals surface area contributed by atoms with Crippen LogP contribution < -0.4 is 16.2 Å². The topological polar surface area (TPSA) is 123 Å². The van der Waals surface area contributed by atoms with Gasteiger partial charge < -0.3 is 10.6 Å². The van der Waals surface area contributed by atoms with E-state index < -0.39 is 23.4 Å². The first-order valence-corrected chi connectivity index (χ1v) is 11.0. The molecule has 5 rings (SSSR count). The largest absolute Gasteiger partial charge is 0.339 e. The van der Waals surface area contributed by atoms with Crippen LogP contribution in [0.4, 0.5) is 5.69 Å². The number of carbonyl (C=O) groups is 2. The van der Waals surface area contributed by atoms with Gasteiger partial charge in [-0.25, -0.2) is 9.20 Å². The van der Waals surface area contributed by atoms with Crippen LogP contribution in [0.5, 0.6) is 0 Å². The molecule has 5 aromatic rings. The molecule has 0 bridgehead atoms. The van der Waals surface area contributed by atoms with Crippen molar-refractivity contribution in [3.63, 3.8) is 0 Å². The molecule has 3 heterocycles. The highest BCUT2D eigenvalue weighted by Gasteiger charge is 2.24. The molecule has 1 atom stereocenters. The Morgan fingerprint density at radius 2 is 1.89 bits per heavy atom. The van der Waals surface area contributed by atoms with Gasteiger partial charge in [0.2, 0.25) is 5.91 Å². The van der Waals surface area contributed by atoms with Crippen molar-refractivity contribution in [1.82, 2.24) is 29.7 Å². The van der Waals surface area contributed by atoms with Gasteiger partial charge in [0.1, 0.15) is 24.4 Å². The molecule has 0 spiro atoms. The van der Waals surface area contributed by atoms with Crippen LogP contribution in [0.3, 0.4) is 0 Å². The third-order valence-corrected chi connectivity index (χ3v) is 5.63. The van der Waals surface area contributed by atoms with Gasteiger partial charge in [-0.1, -0.05) is 48.0 Å². The number of carbonyl (C=O) groups excluding carboxylic acids is 2. The molecule has 0 aliphatic carbocycles. The summed E-state index contributed by atoms with van der Waals surface area (Å²) < 4.78 is 2.32. The zero-order valence-electron chi connectivity index (χ0n) is 18.1. The number of benzene rings is 2. The number of hydrogen-bond donors (Lipinski definition) is 2. The van der Waals surface area contributed by atoms with E-state index >= 15 is 0 Å². The fraction of sp³-hybridized carbons (Fsp3) is 0.0833. The Kier molecular flexibility index (Phi) is 5.94. The Labute approximate surface area is 203 Å². The molecule has 11 heteroatoms. The summed E-state index contributed by atoms with van der Waals surface area (Å²) >= 11 is 6.15. The Morgan fingerprint density at radius 3 is 2.74 bits per heavy atom. The zero-order chi connectivity index (χ0) is 24.4. The molecule has 0 fully saturated rings. The normalized spacial score (nSPS) is 11.9. The lowest BCUT2D eigenvalue weighted by Gasteiger charge is -2.20. The summed E-state index contributed by atoms with van der Waals surface area (Å²) in [5, 5.41) is 15.5. The van der Waals surface area contributed by atoms with Crippen molar-refractivity contribution in [1.29, 1.82) is 0 Å².